The van der Waals surface area contributed by atoms with Gasteiger partial charge in [0.2, 0.25) is 0 Å². The molecule has 3 heterocycles. The molecule has 0 N–H and O–H groups in total. The summed E-state index contributed by atoms with van der Waals surface area (Å²) in [7, 11) is -3.08. The van der Waals surface area contributed by atoms with Crippen LogP contribution in [0.5, 0.6) is 0 Å². The van der Waals surface area contributed by atoms with E-state index < -0.39 is 14.8 Å². The van der Waals surface area contributed by atoms with Gasteiger partial charge in [-0.15, -0.1) is 0 Å². The largest absolute Gasteiger partial charge is 0.370 e. The van der Waals surface area contributed by atoms with Crippen LogP contribution in [0.4, 0.5) is 11.4 Å². The van der Waals surface area contributed by atoms with Crippen molar-refractivity contribution in [1.82, 2.24) is 4.90 Å². The Labute approximate surface area is 151 Å². The summed E-state index contributed by atoms with van der Waals surface area (Å²) < 4.78 is 23.2. The molecule has 1 saturated carbocycles. The Bertz CT molecular complexity index is 839. The van der Waals surface area contributed by atoms with E-state index >= 15 is 0 Å². The van der Waals surface area contributed by atoms with E-state index in [2.05, 4.69) is 4.90 Å². The van der Waals surface area contributed by atoms with Gasteiger partial charge in [0.05, 0.1) is 27.7 Å². The molecular formula is C17H21N3O5S. The minimum Gasteiger partial charge on any atom is -0.370 e. The third kappa shape index (κ3) is 3.15. The number of hydrogen-bond donors (Lipinski definition) is 0. The topological polar surface area (TPSA) is 101 Å². The second-order valence-electron chi connectivity index (χ2n) is 7.51. The molecule has 0 radical (unpaired) electrons. The lowest BCUT2D eigenvalue weighted by Gasteiger charge is -2.48. The Balaban J connectivity index is 1.64. The van der Waals surface area contributed by atoms with Crippen LogP contribution in [0.1, 0.15) is 23.2 Å². The quantitative estimate of drug-likeness (QED) is 0.580. The van der Waals surface area contributed by atoms with Gasteiger partial charge in [-0.1, -0.05) is 0 Å². The average molecular weight is 379 g/mol. The number of benzene rings is 1. The van der Waals surface area contributed by atoms with E-state index in [9.17, 15) is 23.3 Å². The van der Waals surface area contributed by atoms with E-state index in [0.717, 1.165) is 13.1 Å². The van der Waals surface area contributed by atoms with Crippen molar-refractivity contribution in [2.24, 2.45) is 11.8 Å². The molecule has 9 heteroatoms. The number of hydrogen-bond acceptors (Lipinski definition) is 6. The molecule has 3 saturated heterocycles. The number of anilines is 1. The van der Waals surface area contributed by atoms with Crippen LogP contribution in [-0.4, -0.2) is 61.8 Å². The smallest absolute Gasteiger partial charge is 0.271 e. The monoisotopic (exact) mass is 379 g/mol. The van der Waals surface area contributed by atoms with Gasteiger partial charge in [0.1, 0.15) is 0 Å². The Hall–Kier alpha value is -2.16. The van der Waals surface area contributed by atoms with Crippen molar-refractivity contribution >= 4 is 27.1 Å². The Kier molecular flexibility index (Phi) is 4.13. The number of non-ortho nitro benzene ring substituents is 1. The van der Waals surface area contributed by atoms with Gasteiger partial charge in [-0.05, 0) is 30.7 Å². The third-order valence-electron chi connectivity index (χ3n) is 5.69. The van der Waals surface area contributed by atoms with Gasteiger partial charge in [0, 0.05) is 38.3 Å². The second kappa shape index (κ2) is 6.22. The van der Waals surface area contributed by atoms with Crippen molar-refractivity contribution < 1.29 is 18.1 Å². The fourth-order valence-electron chi connectivity index (χ4n) is 4.23. The first-order chi connectivity index (χ1) is 12.3. The number of carbonyl (C=O) groups is 1. The Morgan fingerprint density at radius 1 is 1.12 bits per heavy atom. The van der Waals surface area contributed by atoms with E-state index in [1.807, 2.05) is 0 Å². The van der Waals surface area contributed by atoms with Crippen LogP contribution in [0, 0.1) is 22.0 Å². The highest BCUT2D eigenvalue weighted by molar-refractivity contribution is 7.91. The van der Waals surface area contributed by atoms with Crippen molar-refractivity contribution in [1.29, 1.82) is 0 Å². The molecule has 0 spiro atoms. The third-order valence-corrected chi connectivity index (χ3v) is 7.29. The molecule has 4 fully saturated rings. The number of nitro groups is 1. The summed E-state index contributed by atoms with van der Waals surface area (Å²) in [5, 5.41) is 11.2. The van der Waals surface area contributed by atoms with Gasteiger partial charge in [0.25, 0.3) is 11.6 Å². The summed E-state index contributed by atoms with van der Waals surface area (Å²) in [6.07, 6.45) is 2.39. The first kappa shape index (κ1) is 17.3. The summed E-state index contributed by atoms with van der Waals surface area (Å²) in [6.45, 7) is 1.96. The zero-order valence-electron chi connectivity index (χ0n) is 14.3. The molecule has 8 nitrogen and oxygen atoms in total. The number of rotatable bonds is 3. The molecule has 0 atom stereocenters. The summed E-state index contributed by atoms with van der Waals surface area (Å²) in [5.41, 5.74) is 1.00. The summed E-state index contributed by atoms with van der Waals surface area (Å²) in [5.74, 6) is 0.875. The molecule has 1 amide bonds. The van der Waals surface area contributed by atoms with E-state index in [4.69, 9.17) is 0 Å². The van der Waals surface area contributed by atoms with Crippen LogP contribution in [0.15, 0.2) is 18.2 Å². The summed E-state index contributed by atoms with van der Waals surface area (Å²) in [6, 6.07) is 4.35. The highest BCUT2D eigenvalue weighted by atomic mass is 32.2. The van der Waals surface area contributed by atoms with Crippen LogP contribution < -0.4 is 4.90 Å². The van der Waals surface area contributed by atoms with Crippen LogP contribution in [-0.2, 0) is 9.84 Å². The normalized spacial score (nSPS) is 26.9. The van der Waals surface area contributed by atoms with Crippen molar-refractivity contribution in [3.63, 3.8) is 0 Å². The number of piperidine rings is 2. The van der Waals surface area contributed by atoms with Gasteiger partial charge in [-0.2, -0.15) is 0 Å². The first-order valence-corrected chi connectivity index (χ1v) is 10.7. The molecule has 3 aliphatic heterocycles. The molecule has 1 aliphatic carbocycles. The minimum atomic E-state index is -3.08. The van der Waals surface area contributed by atoms with Gasteiger partial charge < -0.3 is 9.80 Å². The molecule has 1 aromatic rings. The van der Waals surface area contributed by atoms with Crippen molar-refractivity contribution in [3.05, 3.63) is 33.9 Å². The van der Waals surface area contributed by atoms with Crippen molar-refractivity contribution in [3.8, 4) is 0 Å². The van der Waals surface area contributed by atoms with E-state index in [1.165, 1.54) is 35.9 Å². The molecule has 4 aliphatic rings. The Morgan fingerprint density at radius 2 is 1.73 bits per heavy atom. The second-order valence-corrected chi connectivity index (χ2v) is 9.81. The fourth-order valence-corrected chi connectivity index (χ4v) is 5.43. The molecule has 5 rings (SSSR count). The molecular weight excluding hydrogens is 358 g/mol. The molecule has 140 valence electrons. The number of carbonyl (C=O) groups excluding carboxylic acids is 1. The number of nitro benzene ring substituents is 1. The highest BCUT2D eigenvalue weighted by Crippen LogP contribution is 2.42. The molecule has 0 unspecified atom stereocenters. The standard InChI is InChI=1S/C17H21N3O5S/c21-17(18-3-5-26(24,25)6-4-18)15-2-1-14(20(22)23)9-16(15)19-10-12-7-13(8-12)11-19/h1-2,9,12-13H,3-8,10-11H2. The minimum absolute atomic E-state index is 0.0305. The zero-order chi connectivity index (χ0) is 18.5. The summed E-state index contributed by atoms with van der Waals surface area (Å²) in [4.78, 5) is 27.3. The van der Waals surface area contributed by atoms with Crippen LogP contribution in [0.25, 0.3) is 0 Å². The zero-order valence-corrected chi connectivity index (χ0v) is 15.2. The first-order valence-electron chi connectivity index (χ1n) is 8.85. The van der Waals surface area contributed by atoms with Crippen molar-refractivity contribution in [2.75, 3.05) is 42.6 Å². The number of sulfone groups is 1. The fraction of sp³-hybridized carbons (Fsp3) is 0.588. The van der Waals surface area contributed by atoms with E-state index in [0.29, 0.717) is 23.1 Å². The van der Waals surface area contributed by atoms with Crippen molar-refractivity contribution in [2.45, 2.75) is 12.8 Å². The van der Waals surface area contributed by atoms with Crippen LogP contribution in [0.2, 0.25) is 0 Å². The lowest BCUT2D eigenvalue weighted by Crippen LogP contribution is -2.49. The van der Waals surface area contributed by atoms with Crippen LogP contribution >= 0.6 is 0 Å². The van der Waals surface area contributed by atoms with Gasteiger partial charge >= 0.3 is 0 Å². The SMILES string of the molecule is O=C(c1ccc([N+](=O)[O-])cc1N1CC2CC(C2)C1)N1CCS(=O)(=O)CC1. The Morgan fingerprint density at radius 3 is 2.31 bits per heavy atom. The average Bonchev–Trinajstić information content (AvgIpc) is 2.60. The molecule has 2 bridgehead atoms. The maximum atomic E-state index is 13.0. The van der Waals surface area contributed by atoms with Gasteiger partial charge in [-0.25, -0.2) is 8.42 Å². The lowest BCUT2D eigenvalue weighted by molar-refractivity contribution is -0.384. The number of amides is 1. The summed E-state index contributed by atoms with van der Waals surface area (Å²) >= 11 is 0. The maximum Gasteiger partial charge on any atom is 0.271 e. The van der Waals surface area contributed by atoms with E-state index in [-0.39, 0.29) is 36.2 Å². The number of fused-ring (bicyclic) bond motifs is 2. The molecule has 1 aromatic carbocycles. The highest BCUT2D eigenvalue weighted by Gasteiger charge is 2.39. The van der Waals surface area contributed by atoms with Gasteiger partial charge in [-0.3, -0.25) is 14.9 Å². The lowest BCUT2D eigenvalue weighted by atomic mass is 9.71. The van der Waals surface area contributed by atoms with E-state index in [1.54, 1.807) is 0 Å². The predicted molar refractivity (Wildman–Crippen MR) is 96.1 cm³/mol. The molecule has 26 heavy (non-hydrogen) atoms. The number of nitrogens with zero attached hydrogens (tertiary/aromatic N) is 3. The predicted octanol–water partition coefficient (Wildman–Crippen LogP) is 1.31. The maximum absolute atomic E-state index is 13.0. The molecule has 0 aromatic heterocycles. The van der Waals surface area contributed by atoms with Gasteiger partial charge in [0.15, 0.2) is 9.84 Å². The van der Waals surface area contributed by atoms with Crippen LogP contribution in [0.3, 0.4) is 0 Å².